The van der Waals surface area contributed by atoms with E-state index in [4.69, 9.17) is 14.2 Å². The molecule has 0 aromatic heterocycles. The summed E-state index contributed by atoms with van der Waals surface area (Å²) in [6.45, 7) is 7.61. The molecule has 0 aliphatic rings. The van der Waals surface area contributed by atoms with Crippen molar-refractivity contribution in [2.75, 3.05) is 19.8 Å². The fourth-order valence-electron chi connectivity index (χ4n) is 7.92. The predicted octanol–water partition coefficient (Wildman–Crippen LogP) is 18.9. The van der Waals surface area contributed by atoms with Crippen LogP contribution in [0.5, 0.6) is 0 Å². The number of hydrogen-bond acceptors (Lipinski definition) is 5. The topological polar surface area (TPSA) is 61.8 Å². The number of carbonyl (C=O) groups is 2. The molecule has 0 fully saturated rings. The van der Waals surface area contributed by atoms with Crippen LogP contribution in [0.2, 0.25) is 0 Å². The number of unbranched alkanes of at least 4 members (excludes halogenated alkanes) is 30. The van der Waals surface area contributed by atoms with Gasteiger partial charge in [0.15, 0.2) is 6.10 Å². The lowest BCUT2D eigenvalue weighted by Gasteiger charge is -2.18. The summed E-state index contributed by atoms with van der Waals surface area (Å²) >= 11 is 0. The van der Waals surface area contributed by atoms with Crippen molar-refractivity contribution in [1.82, 2.24) is 0 Å². The Balaban J connectivity index is 4.28. The number of ether oxygens (including phenoxy) is 3. The van der Waals surface area contributed by atoms with Crippen LogP contribution in [0.25, 0.3) is 0 Å². The summed E-state index contributed by atoms with van der Waals surface area (Å²) < 4.78 is 17.4. The smallest absolute Gasteiger partial charge is 0.306 e. The zero-order valence-electron chi connectivity index (χ0n) is 42.8. The van der Waals surface area contributed by atoms with Crippen LogP contribution >= 0.6 is 0 Å². The first-order chi connectivity index (χ1) is 31.6. The van der Waals surface area contributed by atoms with E-state index < -0.39 is 6.10 Å². The first-order valence-corrected chi connectivity index (χ1v) is 27.8. The third kappa shape index (κ3) is 52.2. The lowest BCUT2D eigenvalue weighted by atomic mass is 10.0. The molecular weight excluding hydrogens is 789 g/mol. The Hall–Kier alpha value is -2.40. The summed E-state index contributed by atoms with van der Waals surface area (Å²) in [5.74, 6) is -0.418. The molecule has 0 aromatic rings. The molecule has 5 heteroatoms. The van der Waals surface area contributed by atoms with Crippen molar-refractivity contribution < 1.29 is 23.8 Å². The normalized spacial score (nSPS) is 12.6. The first-order valence-electron chi connectivity index (χ1n) is 27.8. The molecular formula is C59H106O5. The fourth-order valence-corrected chi connectivity index (χ4v) is 7.92. The van der Waals surface area contributed by atoms with Crippen LogP contribution in [0.3, 0.4) is 0 Å². The van der Waals surface area contributed by atoms with Gasteiger partial charge in [0.05, 0.1) is 6.61 Å². The van der Waals surface area contributed by atoms with Crippen LogP contribution in [0, 0.1) is 0 Å². The van der Waals surface area contributed by atoms with Crippen LogP contribution < -0.4 is 0 Å². The van der Waals surface area contributed by atoms with E-state index in [1.54, 1.807) is 0 Å². The molecule has 0 saturated carbocycles. The molecule has 0 aliphatic carbocycles. The molecule has 0 bridgehead atoms. The summed E-state index contributed by atoms with van der Waals surface area (Å²) in [4.78, 5) is 25.5. The average molecular weight is 895 g/mol. The molecule has 0 radical (unpaired) electrons. The van der Waals surface area contributed by atoms with E-state index >= 15 is 0 Å². The standard InChI is InChI=1S/C59H106O5/c1-4-7-10-13-16-19-22-25-28-29-30-31-33-34-37-40-43-46-49-52-58(60)63-56-57(55-62-54-51-48-45-42-39-36-27-24-21-18-15-12-9-6-3)64-59(61)53-50-47-44-41-38-35-32-26-23-20-17-14-11-8-5-2/h9,12,18,21,25,27-28,36,42,45,57H,4-8,10-11,13-17,19-20,22-24,26,29-35,37-41,43-44,46-56H2,1-3H3/b12-9-,21-18-,28-25-,36-27-,45-42-. The largest absolute Gasteiger partial charge is 0.462 e. The van der Waals surface area contributed by atoms with Crippen LogP contribution in [-0.4, -0.2) is 37.9 Å². The summed E-state index contributed by atoms with van der Waals surface area (Å²) in [7, 11) is 0. The summed E-state index contributed by atoms with van der Waals surface area (Å²) in [6, 6.07) is 0. The molecule has 64 heavy (non-hydrogen) atoms. The van der Waals surface area contributed by atoms with Gasteiger partial charge in [0.2, 0.25) is 0 Å². The predicted molar refractivity (Wildman–Crippen MR) is 279 cm³/mol. The first kappa shape index (κ1) is 61.6. The van der Waals surface area contributed by atoms with E-state index in [9.17, 15) is 9.59 Å². The van der Waals surface area contributed by atoms with Crippen LogP contribution in [-0.2, 0) is 23.8 Å². The Bertz CT molecular complexity index is 1100. The summed E-state index contributed by atoms with van der Waals surface area (Å²) in [5, 5.41) is 0. The number of esters is 2. The van der Waals surface area contributed by atoms with Gasteiger partial charge in [-0.3, -0.25) is 9.59 Å². The number of allylic oxidation sites excluding steroid dienone is 10. The molecule has 0 rings (SSSR count). The number of carbonyl (C=O) groups excluding carboxylic acids is 2. The van der Waals surface area contributed by atoms with Gasteiger partial charge in [-0.15, -0.1) is 0 Å². The molecule has 0 heterocycles. The zero-order chi connectivity index (χ0) is 46.3. The van der Waals surface area contributed by atoms with Gasteiger partial charge < -0.3 is 14.2 Å². The maximum atomic E-state index is 12.8. The molecule has 5 nitrogen and oxygen atoms in total. The van der Waals surface area contributed by atoms with Crippen molar-refractivity contribution in [3.8, 4) is 0 Å². The highest BCUT2D eigenvalue weighted by molar-refractivity contribution is 5.70. The molecule has 0 saturated heterocycles. The van der Waals surface area contributed by atoms with E-state index in [1.165, 1.54) is 180 Å². The molecule has 0 N–H and O–H groups in total. The zero-order valence-corrected chi connectivity index (χ0v) is 42.8. The second kappa shape index (κ2) is 54.9. The van der Waals surface area contributed by atoms with E-state index in [-0.39, 0.29) is 25.2 Å². The highest BCUT2D eigenvalue weighted by atomic mass is 16.6. The van der Waals surface area contributed by atoms with Crippen LogP contribution in [0.1, 0.15) is 278 Å². The second-order valence-electron chi connectivity index (χ2n) is 18.5. The van der Waals surface area contributed by atoms with E-state index in [0.29, 0.717) is 19.4 Å². The summed E-state index contributed by atoms with van der Waals surface area (Å²) in [6.07, 6.45) is 69.6. The highest BCUT2D eigenvalue weighted by Crippen LogP contribution is 2.16. The maximum absolute atomic E-state index is 12.8. The minimum Gasteiger partial charge on any atom is -0.462 e. The Morgan fingerprint density at radius 1 is 0.359 bits per heavy atom. The van der Waals surface area contributed by atoms with E-state index in [1.807, 2.05) is 0 Å². The van der Waals surface area contributed by atoms with Gasteiger partial charge in [-0.25, -0.2) is 0 Å². The van der Waals surface area contributed by atoms with Crippen molar-refractivity contribution in [3.63, 3.8) is 0 Å². The lowest BCUT2D eigenvalue weighted by molar-refractivity contribution is -0.163. The Kier molecular flexibility index (Phi) is 52.9. The van der Waals surface area contributed by atoms with Gasteiger partial charge in [-0.1, -0.05) is 248 Å². The summed E-state index contributed by atoms with van der Waals surface area (Å²) in [5.41, 5.74) is 0. The average Bonchev–Trinajstić information content (AvgIpc) is 3.30. The molecule has 0 spiro atoms. The van der Waals surface area contributed by atoms with Gasteiger partial charge in [0.1, 0.15) is 6.61 Å². The Morgan fingerprint density at radius 2 is 0.703 bits per heavy atom. The Morgan fingerprint density at radius 3 is 1.14 bits per heavy atom. The monoisotopic (exact) mass is 895 g/mol. The van der Waals surface area contributed by atoms with Crippen molar-refractivity contribution in [2.24, 2.45) is 0 Å². The molecule has 1 unspecified atom stereocenters. The second-order valence-corrected chi connectivity index (χ2v) is 18.5. The fraction of sp³-hybridized carbons (Fsp3) is 0.797. The highest BCUT2D eigenvalue weighted by Gasteiger charge is 2.17. The molecule has 0 aliphatic heterocycles. The number of rotatable bonds is 51. The van der Waals surface area contributed by atoms with Crippen molar-refractivity contribution in [2.45, 2.75) is 284 Å². The van der Waals surface area contributed by atoms with E-state index in [0.717, 1.165) is 64.2 Å². The minimum absolute atomic E-state index is 0.0647. The van der Waals surface area contributed by atoms with Gasteiger partial charge in [0, 0.05) is 19.4 Å². The van der Waals surface area contributed by atoms with Crippen LogP contribution in [0.15, 0.2) is 60.8 Å². The van der Waals surface area contributed by atoms with Crippen molar-refractivity contribution in [1.29, 1.82) is 0 Å². The van der Waals surface area contributed by atoms with Gasteiger partial charge in [-0.2, -0.15) is 0 Å². The van der Waals surface area contributed by atoms with Gasteiger partial charge in [0.25, 0.3) is 0 Å². The van der Waals surface area contributed by atoms with Crippen LogP contribution in [0.4, 0.5) is 0 Å². The van der Waals surface area contributed by atoms with Crippen molar-refractivity contribution >= 4 is 11.9 Å². The van der Waals surface area contributed by atoms with Gasteiger partial charge in [-0.05, 0) is 77.0 Å². The third-order valence-corrected chi connectivity index (χ3v) is 12.0. The lowest BCUT2D eigenvalue weighted by Crippen LogP contribution is -2.30. The number of hydrogen-bond donors (Lipinski definition) is 0. The maximum Gasteiger partial charge on any atom is 0.306 e. The molecule has 0 aromatic carbocycles. The Labute approximate surface area is 398 Å². The molecule has 372 valence electrons. The third-order valence-electron chi connectivity index (χ3n) is 12.0. The quantitative estimate of drug-likeness (QED) is 0.0346. The SMILES string of the molecule is CC/C=C\C/C=C\C/C=C\C/C=C\CCCOCC(COC(=O)CCCCCCCCCCC/C=C\CCCCCCCC)OC(=O)CCCCCCCCCCCCCCCCC. The minimum atomic E-state index is -0.564. The van der Waals surface area contributed by atoms with Gasteiger partial charge >= 0.3 is 11.9 Å². The van der Waals surface area contributed by atoms with Crippen molar-refractivity contribution in [3.05, 3.63) is 60.8 Å². The molecule has 1 atom stereocenters. The van der Waals surface area contributed by atoms with E-state index in [2.05, 4.69) is 81.5 Å². The molecule has 0 amide bonds.